The number of ketones is 1. The van der Waals surface area contributed by atoms with Gasteiger partial charge in [0.2, 0.25) is 0 Å². The van der Waals surface area contributed by atoms with Crippen molar-refractivity contribution in [2.24, 2.45) is 7.05 Å². The lowest BCUT2D eigenvalue weighted by Crippen LogP contribution is -2.00. The Bertz CT molecular complexity index is 1010. The molecule has 2 aromatic carbocycles. The fraction of sp³-hybridized carbons (Fsp3) is 0.143. The van der Waals surface area contributed by atoms with E-state index in [9.17, 15) is 4.79 Å². The van der Waals surface area contributed by atoms with E-state index in [2.05, 4.69) is 5.10 Å². The predicted octanol–water partition coefficient (Wildman–Crippen LogP) is 5.21. The van der Waals surface area contributed by atoms with Crippen LogP contribution in [0, 0.1) is 0 Å². The molecule has 0 aliphatic rings. The van der Waals surface area contributed by atoms with Crippen LogP contribution in [0.25, 0.3) is 6.08 Å². The minimum Gasteiger partial charge on any atom is -0.496 e. The molecule has 0 unspecified atom stereocenters. The van der Waals surface area contributed by atoms with Gasteiger partial charge in [-0.05, 0) is 35.9 Å². The summed E-state index contributed by atoms with van der Waals surface area (Å²) in [7, 11) is 3.35. The zero-order valence-corrected chi connectivity index (χ0v) is 16.9. The summed E-state index contributed by atoms with van der Waals surface area (Å²) in [5, 5.41) is 4.87. The van der Waals surface area contributed by atoms with Gasteiger partial charge in [0.15, 0.2) is 11.5 Å². The number of benzene rings is 2. The second-order valence-electron chi connectivity index (χ2n) is 6.01. The normalized spacial score (nSPS) is 11.0. The monoisotopic (exact) mass is 416 g/mol. The van der Waals surface area contributed by atoms with Crippen molar-refractivity contribution in [3.8, 4) is 11.5 Å². The molecule has 28 heavy (non-hydrogen) atoms. The summed E-state index contributed by atoms with van der Waals surface area (Å²) in [5.74, 6) is 0.962. The zero-order valence-electron chi connectivity index (χ0n) is 15.4. The van der Waals surface area contributed by atoms with Crippen molar-refractivity contribution >= 4 is 35.1 Å². The number of carbonyl (C=O) groups excluding carboxylic acids is 1. The lowest BCUT2D eigenvalue weighted by molar-refractivity contribution is 0.104. The van der Waals surface area contributed by atoms with Crippen molar-refractivity contribution in [1.29, 1.82) is 0 Å². The van der Waals surface area contributed by atoms with E-state index in [4.69, 9.17) is 32.7 Å². The second-order valence-corrected chi connectivity index (χ2v) is 6.83. The number of halogens is 2. The van der Waals surface area contributed by atoms with E-state index >= 15 is 0 Å². The van der Waals surface area contributed by atoms with E-state index in [0.29, 0.717) is 27.1 Å². The maximum atomic E-state index is 12.2. The number of aryl methyl sites for hydroxylation is 1. The molecule has 3 aromatic rings. The van der Waals surface area contributed by atoms with Gasteiger partial charge in [-0.15, -0.1) is 0 Å². The fourth-order valence-corrected chi connectivity index (χ4v) is 3.11. The molecule has 0 saturated carbocycles. The molecule has 0 saturated heterocycles. The third kappa shape index (κ3) is 4.74. The first-order chi connectivity index (χ1) is 13.5. The molecule has 1 heterocycles. The average molecular weight is 417 g/mol. The minimum atomic E-state index is -0.121. The lowest BCUT2D eigenvalue weighted by atomic mass is 10.1. The SMILES string of the molecule is COc1ccc(/C=C/C(=O)c2cnn(C)c2)cc1COc1c(Cl)cccc1Cl. The summed E-state index contributed by atoms with van der Waals surface area (Å²) in [6.45, 7) is 0.213. The quantitative estimate of drug-likeness (QED) is 0.391. The van der Waals surface area contributed by atoms with E-state index < -0.39 is 0 Å². The van der Waals surface area contributed by atoms with Crippen molar-refractivity contribution in [2.45, 2.75) is 6.61 Å². The predicted molar refractivity (Wildman–Crippen MR) is 110 cm³/mol. The third-order valence-corrected chi connectivity index (χ3v) is 4.61. The van der Waals surface area contributed by atoms with Gasteiger partial charge in [-0.3, -0.25) is 9.48 Å². The lowest BCUT2D eigenvalue weighted by Gasteiger charge is -2.13. The van der Waals surface area contributed by atoms with Crippen LogP contribution in [0.2, 0.25) is 10.0 Å². The van der Waals surface area contributed by atoms with Crippen LogP contribution < -0.4 is 9.47 Å². The van der Waals surface area contributed by atoms with Crippen molar-refractivity contribution in [2.75, 3.05) is 7.11 Å². The number of para-hydroxylation sites is 1. The summed E-state index contributed by atoms with van der Waals surface area (Å²) in [6, 6.07) is 10.7. The topological polar surface area (TPSA) is 53.3 Å². The van der Waals surface area contributed by atoms with Crippen molar-refractivity contribution in [3.05, 3.63) is 81.6 Å². The summed E-state index contributed by atoms with van der Waals surface area (Å²) < 4.78 is 12.8. The molecule has 5 nitrogen and oxygen atoms in total. The Kier molecular flexibility index (Phi) is 6.39. The average Bonchev–Trinajstić information content (AvgIpc) is 3.12. The fourth-order valence-electron chi connectivity index (χ4n) is 2.60. The zero-order chi connectivity index (χ0) is 20.1. The number of aromatic nitrogens is 2. The molecule has 0 fully saturated rings. The highest BCUT2D eigenvalue weighted by Gasteiger charge is 2.10. The number of hydrogen-bond donors (Lipinski definition) is 0. The number of methoxy groups -OCH3 is 1. The Morgan fingerprint density at radius 1 is 1.21 bits per heavy atom. The molecule has 0 aliphatic carbocycles. The first-order valence-electron chi connectivity index (χ1n) is 8.42. The van der Waals surface area contributed by atoms with Crippen LogP contribution in [-0.2, 0) is 13.7 Å². The van der Waals surface area contributed by atoms with Gasteiger partial charge in [-0.25, -0.2) is 0 Å². The maximum absolute atomic E-state index is 12.2. The van der Waals surface area contributed by atoms with Gasteiger partial charge in [0.1, 0.15) is 12.4 Å². The van der Waals surface area contributed by atoms with Gasteiger partial charge >= 0.3 is 0 Å². The molecule has 0 radical (unpaired) electrons. The van der Waals surface area contributed by atoms with Gasteiger partial charge < -0.3 is 9.47 Å². The second kappa shape index (κ2) is 8.95. The number of nitrogens with zero attached hydrogens (tertiary/aromatic N) is 2. The van der Waals surface area contributed by atoms with E-state index in [0.717, 1.165) is 11.1 Å². The van der Waals surface area contributed by atoms with Gasteiger partial charge in [0.05, 0.1) is 28.9 Å². The molecule has 3 rings (SSSR count). The molecule has 1 aromatic heterocycles. The van der Waals surface area contributed by atoms with Crippen LogP contribution in [0.15, 0.2) is 54.9 Å². The van der Waals surface area contributed by atoms with Crippen LogP contribution in [0.4, 0.5) is 0 Å². The molecule has 0 N–H and O–H groups in total. The minimum absolute atomic E-state index is 0.121. The summed E-state index contributed by atoms with van der Waals surface area (Å²) in [4.78, 5) is 12.2. The highest BCUT2D eigenvalue weighted by atomic mass is 35.5. The molecule has 144 valence electrons. The Balaban J connectivity index is 1.78. The smallest absolute Gasteiger partial charge is 0.189 e. The highest BCUT2D eigenvalue weighted by Crippen LogP contribution is 2.33. The van der Waals surface area contributed by atoms with Crippen LogP contribution in [0.5, 0.6) is 11.5 Å². The maximum Gasteiger partial charge on any atom is 0.189 e. The largest absolute Gasteiger partial charge is 0.496 e. The van der Waals surface area contributed by atoms with Gasteiger partial charge in [0, 0.05) is 18.8 Å². The number of rotatable bonds is 7. The number of ether oxygens (including phenoxy) is 2. The molecular weight excluding hydrogens is 399 g/mol. The molecule has 0 amide bonds. The first-order valence-corrected chi connectivity index (χ1v) is 9.18. The summed E-state index contributed by atoms with van der Waals surface area (Å²) in [5.41, 5.74) is 2.17. The van der Waals surface area contributed by atoms with Crippen LogP contribution in [-0.4, -0.2) is 22.7 Å². The van der Waals surface area contributed by atoms with Crippen molar-refractivity contribution in [1.82, 2.24) is 9.78 Å². The summed E-state index contributed by atoms with van der Waals surface area (Å²) >= 11 is 12.3. The van der Waals surface area contributed by atoms with E-state index in [1.54, 1.807) is 49.3 Å². The first kappa shape index (κ1) is 20.0. The Morgan fingerprint density at radius 2 is 1.96 bits per heavy atom. The molecule has 0 spiro atoms. The molecule has 0 aliphatic heterocycles. The van der Waals surface area contributed by atoms with Crippen molar-refractivity contribution in [3.63, 3.8) is 0 Å². The Hall–Kier alpha value is -2.76. The molecule has 0 atom stereocenters. The van der Waals surface area contributed by atoms with Gasteiger partial charge in [-0.1, -0.05) is 41.4 Å². The Labute approximate surface area is 173 Å². The number of carbonyl (C=O) groups is 1. The van der Waals surface area contributed by atoms with Crippen LogP contribution in [0.3, 0.4) is 0 Å². The van der Waals surface area contributed by atoms with E-state index in [1.807, 2.05) is 18.2 Å². The molecule has 0 bridgehead atoms. The molecular formula is C21H18Cl2N2O3. The highest BCUT2D eigenvalue weighted by molar-refractivity contribution is 6.37. The van der Waals surface area contributed by atoms with E-state index in [-0.39, 0.29) is 12.4 Å². The standard InChI is InChI=1S/C21H18Cl2N2O3/c1-25-12-16(11-24-25)19(26)8-6-14-7-9-20(27-2)15(10-14)13-28-21-17(22)4-3-5-18(21)23/h3-12H,13H2,1-2H3/b8-6+. The molecule has 7 heteroatoms. The van der Waals surface area contributed by atoms with Crippen LogP contribution in [0.1, 0.15) is 21.5 Å². The number of allylic oxidation sites excluding steroid dienone is 1. The number of hydrogen-bond acceptors (Lipinski definition) is 4. The van der Waals surface area contributed by atoms with Crippen LogP contribution >= 0.6 is 23.2 Å². The van der Waals surface area contributed by atoms with Gasteiger partial charge in [-0.2, -0.15) is 5.10 Å². The Morgan fingerprint density at radius 3 is 2.61 bits per heavy atom. The van der Waals surface area contributed by atoms with Gasteiger partial charge in [0.25, 0.3) is 0 Å². The van der Waals surface area contributed by atoms with E-state index in [1.165, 1.54) is 12.3 Å². The third-order valence-electron chi connectivity index (χ3n) is 4.01. The van der Waals surface area contributed by atoms with Crippen molar-refractivity contribution < 1.29 is 14.3 Å². The summed E-state index contributed by atoms with van der Waals surface area (Å²) in [6.07, 6.45) is 6.45.